The van der Waals surface area contributed by atoms with Crippen LogP contribution in [-0.4, -0.2) is 50.5 Å². The number of guanidine groups is 1. The minimum atomic E-state index is 0.0220. The summed E-state index contributed by atoms with van der Waals surface area (Å²) in [5.74, 6) is 0.839. The minimum Gasteiger partial charge on any atom is -0.396 e. The standard InChI is InChI=1S/C18H31N3O2S/c1-4-19-16(20-12-17(2,3)15-6-5-11-24-15)21-13-18(7-9-22)8-10-23-14-18/h5-6,11,22H,4,7-10,12-14H2,1-3H3,(H2,19,20,21). The van der Waals surface area contributed by atoms with Crippen LogP contribution in [0.3, 0.4) is 0 Å². The molecule has 0 bridgehead atoms. The maximum atomic E-state index is 9.35. The molecule has 3 N–H and O–H groups in total. The first-order chi connectivity index (χ1) is 11.5. The van der Waals surface area contributed by atoms with Crippen LogP contribution in [0.25, 0.3) is 0 Å². The Hall–Kier alpha value is -1.11. The van der Waals surface area contributed by atoms with E-state index in [2.05, 4.69) is 48.9 Å². The van der Waals surface area contributed by atoms with Crippen molar-refractivity contribution in [1.29, 1.82) is 0 Å². The number of nitrogens with one attached hydrogen (secondary N) is 2. The van der Waals surface area contributed by atoms with Crippen LogP contribution in [0.1, 0.15) is 38.5 Å². The van der Waals surface area contributed by atoms with Gasteiger partial charge in [-0.05, 0) is 31.2 Å². The highest BCUT2D eigenvalue weighted by molar-refractivity contribution is 7.10. The molecule has 24 heavy (non-hydrogen) atoms. The molecule has 0 radical (unpaired) electrons. The molecule has 0 saturated carbocycles. The second-order valence-electron chi connectivity index (χ2n) is 7.19. The van der Waals surface area contributed by atoms with Gasteiger partial charge in [0.2, 0.25) is 0 Å². The van der Waals surface area contributed by atoms with Crippen LogP contribution in [0.5, 0.6) is 0 Å². The number of aliphatic hydroxyl groups excluding tert-OH is 1. The van der Waals surface area contributed by atoms with Crippen LogP contribution < -0.4 is 10.6 Å². The van der Waals surface area contributed by atoms with Gasteiger partial charge in [0.15, 0.2) is 5.96 Å². The van der Waals surface area contributed by atoms with Crippen LogP contribution in [-0.2, 0) is 10.2 Å². The molecule has 136 valence electrons. The van der Waals surface area contributed by atoms with Crippen molar-refractivity contribution in [3.05, 3.63) is 22.4 Å². The molecule has 1 atom stereocenters. The van der Waals surface area contributed by atoms with Crippen molar-refractivity contribution in [2.45, 2.75) is 39.0 Å². The van der Waals surface area contributed by atoms with Gasteiger partial charge in [0.05, 0.1) is 13.2 Å². The third kappa shape index (κ3) is 5.19. The third-order valence-corrected chi connectivity index (χ3v) is 5.86. The average Bonchev–Trinajstić information content (AvgIpc) is 3.23. The maximum absolute atomic E-state index is 9.35. The van der Waals surface area contributed by atoms with Gasteiger partial charge in [0.25, 0.3) is 0 Å². The lowest BCUT2D eigenvalue weighted by molar-refractivity contribution is 0.127. The van der Waals surface area contributed by atoms with E-state index < -0.39 is 0 Å². The fraction of sp³-hybridized carbons (Fsp3) is 0.722. The fourth-order valence-electron chi connectivity index (χ4n) is 2.94. The van der Waals surface area contributed by atoms with E-state index in [0.717, 1.165) is 45.0 Å². The predicted molar refractivity (Wildman–Crippen MR) is 101 cm³/mol. The van der Waals surface area contributed by atoms with Gasteiger partial charge in [-0.2, -0.15) is 0 Å². The summed E-state index contributed by atoms with van der Waals surface area (Å²) in [6.07, 6.45) is 1.75. The molecular formula is C18H31N3O2S. The van der Waals surface area contributed by atoms with Crippen LogP contribution in [0.2, 0.25) is 0 Å². The second-order valence-corrected chi connectivity index (χ2v) is 8.13. The summed E-state index contributed by atoms with van der Waals surface area (Å²) in [4.78, 5) is 6.14. The molecule has 2 rings (SSSR count). The van der Waals surface area contributed by atoms with Gasteiger partial charge in [0.1, 0.15) is 0 Å². The molecule has 1 saturated heterocycles. The quantitative estimate of drug-likeness (QED) is 0.496. The van der Waals surface area contributed by atoms with E-state index in [1.807, 2.05) is 0 Å². The monoisotopic (exact) mass is 353 g/mol. The Labute approximate surface area is 149 Å². The van der Waals surface area contributed by atoms with E-state index in [0.29, 0.717) is 6.61 Å². The Bertz CT molecular complexity index is 508. The van der Waals surface area contributed by atoms with E-state index in [1.165, 1.54) is 4.88 Å². The van der Waals surface area contributed by atoms with Gasteiger partial charge in [0, 0.05) is 42.0 Å². The van der Waals surface area contributed by atoms with Crippen molar-refractivity contribution in [2.75, 3.05) is 39.5 Å². The van der Waals surface area contributed by atoms with Crippen molar-refractivity contribution < 1.29 is 9.84 Å². The lowest BCUT2D eigenvalue weighted by Gasteiger charge is -2.28. The number of thiophene rings is 1. The maximum Gasteiger partial charge on any atom is 0.191 e. The van der Waals surface area contributed by atoms with Gasteiger partial charge in [-0.3, -0.25) is 4.99 Å². The van der Waals surface area contributed by atoms with E-state index in [1.54, 1.807) is 11.3 Å². The van der Waals surface area contributed by atoms with E-state index in [9.17, 15) is 5.11 Å². The van der Waals surface area contributed by atoms with E-state index >= 15 is 0 Å². The van der Waals surface area contributed by atoms with Crippen LogP contribution in [0, 0.1) is 5.41 Å². The SMILES string of the molecule is CCNC(=NCC(C)(C)c1cccs1)NCC1(CCO)CCOC1. The largest absolute Gasteiger partial charge is 0.396 e. The Kier molecular flexibility index (Phi) is 7.07. The summed E-state index contributed by atoms with van der Waals surface area (Å²) in [6, 6.07) is 4.26. The fourth-order valence-corrected chi connectivity index (χ4v) is 3.79. The number of rotatable bonds is 8. The van der Waals surface area contributed by atoms with Gasteiger partial charge >= 0.3 is 0 Å². The van der Waals surface area contributed by atoms with Crippen LogP contribution in [0.4, 0.5) is 0 Å². The first-order valence-electron chi connectivity index (χ1n) is 8.76. The molecule has 0 aliphatic carbocycles. The van der Waals surface area contributed by atoms with Crippen molar-refractivity contribution in [2.24, 2.45) is 10.4 Å². The molecule has 1 fully saturated rings. The van der Waals surface area contributed by atoms with Crippen LogP contribution in [0.15, 0.2) is 22.5 Å². The smallest absolute Gasteiger partial charge is 0.191 e. The highest BCUT2D eigenvalue weighted by Gasteiger charge is 2.34. The molecule has 1 unspecified atom stereocenters. The lowest BCUT2D eigenvalue weighted by atomic mass is 9.84. The summed E-state index contributed by atoms with van der Waals surface area (Å²) >= 11 is 1.78. The molecule has 1 aromatic heterocycles. The van der Waals surface area contributed by atoms with Gasteiger partial charge in [-0.15, -0.1) is 11.3 Å². The van der Waals surface area contributed by atoms with Gasteiger partial charge in [-0.25, -0.2) is 0 Å². The molecule has 1 aliphatic rings. The summed E-state index contributed by atoms with van der Waals surface area (Å²) in [5.41, 5.74) is 0.0456. The molecule has 0 aromatic carbocycles. The number of aliphatic imine (C=N–C) groups is 1. The Morgan fingerprint density at radius 2 is 2.29 bits per heavy atom. The average molecular weight is 354 g/mol. The normalized spacial score (nSPS) is 21.9. The number of hydrogen-bond acceptors (Lipinski definition) is 4. The first kappa shape index (κ1) is 19.2. The highest BCUT2D eigenvalue weighted by Crippen LogP contribution is 2.31. The third-order valence-electron chi connectivity index (χ3n) is 4.62. The summed E-state index contributed by atoms with van der Waals surface area (Å²) in [7, 11) is 0. The molecule has 1 aromatic rings. The number of hydrogen-bond donors (Lipinski definition) is 3. The number of nitrogens with zero attached hydrogens (tertiary/aromatic N) is 1. The van der Waals surface area contributed by atoms with Crippen molar-refractivity contribution >= 4 is 17.3 Å². The lowest BCUT2D eigenvalue weighted by Crippen LogP contribution is -2.45. The molecule has 0 amide bonds. The molecular weight excluding hydrogens is 322 g/mol. The Morgan fingerprint density at radius 1 is 1.46 bits per heavy atom. The topological polar surface area (TPSA) is 65.9 Å². The summed E-state index contributed by atoms with van der Waals surface area (Å²) < 4.78 is 5.56. The molecule has 6 heteroatoms. The molecule has 2 heterocycles. The molecule has 5 nitrogen and oxygen atoms in total. The zero-order valence-corrected chi connectivity index (χ0v) is 15.9. The first-order valence-corrected chi connectivity index (χ1v) is 9.64. The predicted octanol–water partition coefficient (Wildman–Crippen LogP) is 2.37. The summed E-state index contributed by atoms with van der Waals surface area (Å²) in [5, 5.41) is 18.2. The van der Waals surface area contributed by atoms with Gasteiger partial charge in [-0.1, -0.05) is 19.9 Å². The Morgan fingerprint density at radius 3 is 2.88 bits per heavy atom. The number of aliphatic hydroxyl groups is 1. The van der Waals surface area contributed by atoms with Crippen molar-refractivity contribution in [3.63, 3.8) is 0 Å². The Balaban J connectivity index is 1.97. The zero-order chi connectivity index (χ0) is 17.5. The van der Waals surface area contributed by atoms with Crippen molar-refractivity contribution in [3.8, 4) is 0 Å². The molecule has 0 spiro atoms. The van der Waals surface area contributed by atoms with E-state index in [-0.39, 0.29) is 17.4 Å². The zero-order valence-electron chi connectivity index (χ0n) is 15.1. The molecule has 1 aliphatic heterocycles. The highest BCUT2D eigenvalue weighted by atomic mass is 32.1. The summed E-state index contributed by atoms with van der Waals surface area (Å²) in [6.45, 7) is 10.5. The van der Waals surface area contributed by atoms with Crippen LogP contribution >= 0.6 is 11.3 Å². The van der Waals surface area contributed by atoms with Crippen molar-refractivity contribution in [1.82, 2.24) is 10.6 Å². The van der Waals surface area contributed by atoms with E-state index in [4.69, 9.17) is 9.73 Å². The van der Waals surface area contributed by atoms with Gasteiger partial charge < -0.3 is 20.5 Å². The minimum absolute atomic E-state index is 0.0220. The second kappa shape index (κ2) is 8.83. The number of ether oxygens (including phenoxy) is 1.